The molecule has 0 aliphatic heterocycles. The minimum absolute atomic E-state index is 0.262. The Hall–Kier alpha value is -1.44. The Morgan fingerprint density at radius 3 is 2.68 bits per heavy atom. The van der Waals surface area contributed by atoms with E-state index in [1.807, 2.05) is 32.0 Å². The summed E-state index contributed by atoms with van der Waals surface area (Å²) in [4.78, 5) is 14.0. The van der Waals surface area contributed by atoms with Crippen LogP contribution in [0.1, 0.15) is 59.0 Å². The molecule has 0 saturated carbocycles. The van der Waals surface area contributed by atoms with Crippen LogP contribution in [-0.4, -0.2) is 17.7 Å². The maximum absolute atomic E-state index is 12.7. The highest BCUT2D eigenvalue weighted by atomic mass is 79.9. The highest BCUT2D eigenvalue weighted by Crippen LogP contribution is 2.37. The van der Waals surface area contributed by atoms with E-state index < -0.39 is 0 Å². The lowest BCUT2D eigenvalue weighted by Crippen LogP contribution is -2.20. The zero-order valence-corrected chi connectivity index (χ0v) is 19.4. The van der Waals surface area contributed by atoms with Gasteiger partial charge >= 0.3 is 5.97 Å². The molecule has 0 spiro atoms. The molecule has 3 rings (SSSR count). The number of anilines is 2. The maximum atomic E-state index is 12.7. The Balaban J connectivity index is 1.86. The van der Waals surface area contributed by atoms with Crippen molar-refractivity contribution in [2.24, 2.45) is 0 Å². The number of thiophene rings is 1. The number of carbonyl (C=O) groups is 1. The van der Waals surface area contributed by atoms with Crippen LogP contribution in [0.4, 0.5) is 10.7 Å². The molecule has 1 aliphatic carbocycles. The maximum Gasteiger partial charge on any atom is 0.341 e. The van der Waals surface area contributed by atoms with Gasteiger partial charge in [0.15, 0.2) is 5.11 Å². The second-order valence-electron chi connectivity index (χ2n) is 6.91. The number of carbonyl (C=O) groups excluding carboxylic acids is 1. The van der Waals surface area contributed by atoms with E-state index in [4.69, 9.17) is 17.0 Å². The summed E-state index contributed by atoms with van der Waals surface area (Å²) in [5.41, 5.74) is 3.86. The van der Waals surface area contributed by atoms with Gasteiger partial charge in [0, 0.05) is 9.35 Å². The lowest BCUT2D eigenvalue weighted by atomic mass is 9.96. The van der Waals surface area contributed by atoms with Gasteiger partial charge in [0.05, 0.1) is 17.9 Å². The molecule has 0 bridgehead atoms. The van der Waals surface area contributed by atoms with E-state index >= 15 is 0 Å². The fourth-order valence-electron chi connectivity index (χ4n) is 3.40. The smallest absolute Gasteiger partial charge is 0.341 e. The highest BCUT2D eigenvalue weighted by molar-refractivity contribution is 9.10. The quantitative estimate of drug-likeness (QED) is 0.388. The van der Waals surface area contributed by atoms with Gasteiger partial charge in [-0.15, -0.1) is 11.3 Å². The number of benzene rings is 1. The SMILES string of the molecule is CCOC(=O)c1c(NC(=S)Nc2ccc(C)cc2Br)sc2c1CCCCCC2. The van der Waals surface area contributed by atoms with Crippen molar-refractivity contribution in [1.82, 2.24) is 0 Å². The van der Waals surface area contributed by atoms with Gasteiger partial charge in [0.2, 0.25) is 0 Å². The summed E-state index contributed by atoms with van der Waals surface area (Å²) in [5.74, 6) is -0.262. The van der Waals surface area contributed by atoms with Crippen molar-refractivity contribution < 1.29 is 9.53 Å². The normalized spacial score (nSPS) is 13.8. The molecule has 1 aliphatic rings. The van der Waals surface area contributed by atoms with Gasteiger partial charge in [-0.1, -0.05) is 18.9 Å². The fourth-order valence-corrected chi connectivity index (χ4v) is 5.56. The molecule has 0 atom stereocenters. The average molecular weight is 481 g/mol. The number of halogens is 1. The standard InChI is InChI=1S/C21H25BrN2O2S2/c1-3-26-20(25)18-14-8-6-4-5-7-9-17(14)28-19(18)24-21(27)23-16-11-10-13(2)12-15(16)22/h10-12H,3-9H2,1-2H3,(H2,23,24,27). The van der Waals surface area contributed by atoms with Gasteiger partial charge in [-0.2, -0.15) is 0 Å². The number of fused-ring (bicyclic) bond motifs is 1. The molecule has 0 amide bonds. The third-order valence-electron chi connectivity index (χ3n) is 4.75. The number of aryl methyl sites for hydroxylation is 2. The number of ether oxygens (including phenoxy) is 1. The molecule has 7 heteroatoms. The monoisotopic (exact) mass is 480 g/mol. The molecular weight excluding hydrogens is 456 g/mol. The molecule has 4 nitrogen and oxygen atoms in total. The van der Waals surface area contributed by atoms with E-state index in [1.54, 1.807) is 11.3 Å². The number of nitrogens with one attached hydrogen (secondary N) is 2. The molecular formula is C21H25BrN2O2S2. The van der Waals surface area contributed by atoms with Gasteiger partial charge in [0.25, 0.3) is 0 Å². The molecule has 1 aromatic carbocycles. The molecule has 0 saturated heterocycles. The van der Waals surface area contributed by atoms with Crippen LogP contribution in [0, 0.1) is 6.92 Å². The largest absolute Gasteiger partial charge is 0.462 e. The predicted octanol–water partition coefficient (Wildman–Crippen LogP) is 6.46. The Morgan fingerprint density at radius 2 is 1.96 bits per heavy atom. The summed E-state index contributed by atoms with van der Waals surface area (Å²) in [7, 11) is 0. The van der Waals surface area contributed by atoms with Crippen LogP contribution in [0.5, 0.6) is 0 Å². The van der Waals surface area contributed by atoms with E-state index in [-0.39, 0.29) is 5.97 Å². The zero-order chi connectivity index (χ0) is 20.1. The Labute approximate surface area is 184 Å². The number of rotatable bonds is 4. The van der Waals surface area contributed by atoms with Gasteiger partial charge in [-0.25, -0.2) is 4.79 Å². The molecule has 1 heterocycles. The molecule has 2 aromatic rings. The van der Waals surface area contributed by atoms with Crippen LogP contribution < -0.4 is 10.6 Å². The van der Waals surface area contributed by atoms with E-state index in [0.717, 1.165) is 46.4 Å². The molecule has 150 valence electrons. The minimum Gasteiger partial charge on any atom is -0.462 e. The van der Waals surface area contributed by atoms with E-state index in [0.29, 0.717) is 17.3 Å². The molecule has 2 N–H and O–H groups in total. The lowest BCUT2D eigenvalue weighted by molar-refractivity contribution is 0.0526. The van der Waals surface area contributed by atoms with Crippen LogP contribution in [-0.2, 0) is 17.6 Å². The summed E-state index contributed by atoms with van der Waals surface area (Å²) in [6, 6.07) is 6.04. The van der Waals surface area contributed by atoms with Crippen molar-refractivity contribution in [3.05, 3.63) is 44.2 Å². The fraction of sp³-hybridized carbons (Fsp3) is 0.429. The summed E-state index contributed by atoms with van der Waals surface area (Å²) < 4.78 is 6.30. The van der Waals surface area contributed by atoms with Crippen molar-refractivity contribution in [3.63, 3.8) is 0 Å². The Kier molecular flexibility index (Phi) is 7.48. The molecule has 0 fully saturated rings. The van der Waals surface area contributed by atoms with Gasteiger partial charge in [0.1, 0.15) is 5.00 Å². The second kappa shape index (κ2) is 9.85. The first kappa shape index (κ1) is 21.3. The van der Waals surface area contributed by atoms with Crippen molar-refractivity contribution in [1.29, 1.82) is 0 Å². The lowest BCUT2D eigenvalue weighted by Gasteiger charge is -2.13. The van der Waals surface area contributed by atoms with Crippen LogP contribution in [0.3, 0.4) is 0 Å². The average Bonchev–Trinajstić information content (AvgIpc) is 2.94. The third-order valence-corrected chi connectivity index (χ3v) is 6.82. The summed E-state index contributed by atoms with van der Waals surface area (Å²) in [6.45, 7) is 4.24. The summed E-state index contributed by atoms with van der Waals surface area (Å²) in [5, 5.41) is 7.72. The van der Waals surface area contributed by atoms with Gasteiger partial charge in [-0.05, 0) is 90.9 Å². The van der Waals surface area contributed by atoms with E-state index in [9.17, 15) is 4.79 Å². The van der Waals surface area contributed by atoms with Crippen molar-refractivity contribution in [2.45, 2.75) is 52.4 Å². The van der Waals surface area contributed by atoms with Crippen LogP contribution in [0.2, 0.25) is 0 Å². The van der Waals surface area contributed by atoms with Gasteiger partial charge in [-0.3, -0.25) is 0 Å². The number of hydrogen-bond acceptors (Lipinski definition) is 4. The molecule has 1 aromatic heterocycles. The van der Waals surface area contributed by atoms with Crippen LogP contribution >= 0.6 is 39.5 Å². The number of hydrogen-bond donors (Lipinski definition) is 2. The van der Waals surface area contributed by atoms with Crippen molar-refractivity contribution in [3.8, 4) is 0 Å². The first-order valence-electron chi connectivity index (χ1n) is 9.65. The topological polar surface area (TPSA) is 50.4 Å². The van der Waals surface area contributed by atoms with Crippen LogP contribution in [0.15, 0.2) is 22.7 Å². The van der Waals surface area contributed by atoms with E-state index in [1.165, 1.54) is 23.3 Å². The predicted molar refractivity (Wildman–Crippen MR) is 125 cm³/mol. The number of esters is 1. The zero-order valence-electron chi connectivity index (χ0n) is 16.2. The van der Waals surface area contributed by atoms with Crippen molar-refractivity contribution in [2.75, 3.05) is 17.2 Å². The second-order valence-corrected chi connectivity index (χ2v) is 9.27. The van der Waals surface area contributed by atoms with E-state index in [2.05, 4.69) is 26.6 Å². The Morgan fingerprint density at radius 1 is 1.21 bits per heavy atom. The first-order valence-corrected chi connectivity index (χ1v) is 11.7. The Bertz CT molecular complexity index is 880. The molecule has 28 heavy (non-hydrogen) atoms. The van der Waals surface area contributed by atoms with Gasteiger partial charge < -0.3 is 15.4 Å². The number of thiocarbonyl (C=S) groups is 1. The highest BCUT2D eigenvalue weighted by Gasteiger charge is 2.25. The summed E-state index contributed by atoms with van der Waals surface area (Å²) in [6.07, 6.45) is 6.66. The summed E-state index contributed by atoms with van der Waals surface area (Å²) >= 11 is 10.7. The first-order chi connectivity index (χ1) is 13.5. The molecule has 0 unspecified atom stereocenters. The van der Waals surface area contributed by atoms with Crippen molar-refractivity contribution >= 4 is 61.3 Å². The third kappa shape index (κ3) is 5.13. The van der Waals surface area contributed by atoms with Crippen LogP contribution in [0.25, 0.3) is 0 Å². The molecule has 0 radical (unpaired) electrons. The minimum atomic E-state index is -0.262.